The van der Waals surface area contributed by atoms with Crippen molar-refractivity contribution in [1.29, 1.82) is 0 Å². The van der Waals surface area contributed by atoms with E-state index in [0.29, 0.717) is 6.54 Å². The van der Waals surface area contributed by atoms with Crippen molar-refractivity contribution in [3.8, 4) is 0 Å². The van der Waals surface area contributed by atoms with Crippen molar-refractivity contribution >= 4 is 41.7 Å². The quantitative estimate of drug-likeness (QED) is 0.653. The summed E-state index contributed by atoms with van der Waals surface area (Å²) in [7, 11) is 0. The third kappa shape index (κ3) is 7.55. The molecule has 1 unspecified atom stereocenters. The molecule has 1 atom stereocenters. The Hall–Kier alpha value is -1.24. The van der Waals surface area contributed by atoms with E-state index in [1.54, 1.807) is 0 Å². The van der Waals surface area contributed by atoms with Gasteiger partial charge < -0.3 is 16.4 Å². The molecule has 2 amide bonds. The van der Waals surface area contributed by atoms with Crippen molar-refractivity contribution in [2.24, 2.45) is 11.7 Å². The first kappa shape index (κ1) is 22.8. The minimum absolute atomic E-state index is 0. The standard InChI is InChI=1S/C17H27N3O2S.ClH/c1-12(2)17(4,11-18)20-16(22)10-23-9-15(21)19-14-7-5-13(3)6-8-14;/h5-8,12H,9-11,18H2,1-4H3,(H,19,21)(H,20,22);1H. The summed E-state index contributed by atoms with van der Waals surface area (Å²) in [5.74, 6) is 0.509. The van der Waals surface area contributed by atoms with Crippen molar-refractivity contribution in [2.75, 3.05) is 23.4 Å². The number of halogens is 1. The number of benzene rings is 1. The lowest BCUT2D eigenvalue weighted by molar-refractivity contribution is -0.120. The molecule has 4 N–H and O–H groups in total. The van der Waals surface area contributed by atoms with E-state index in [9.17, 15) is 9.59 Å². The van der Waals surface area contributed by atoms with Gasteiger partial charge in [-0.05, 0) is 31.9 Å². The summed E-state index contributed by atoms with van der Waals surface area (Å²) >= 11 is 1.29. The lowest BCUT2D eigenvalue weighted by Crippen LogP contribution is -2.55. The van der Waals surface area contributed by atoms with Gasteiger partial charge in [-0.15, -0.1) is 24.2 Å². The zero-order valence-electron chi connectivity index (χ0n) is 14.7. The number of nitrogens with two attached hydrogens (primary N) is 1. The molecule has 0 aliphatic carbocycles. The van der Waals surface area contributed by atoms with Gasteiger partial charge in [-0.3, -0.25) is 9.59 Å². The summed E-state index contributed by atoms with van der Waals surface area (Å²) in [6.45, 7) is 8.36. The number of rotatable bonds is 8. The fraction of sp³-hybridized carbons (Fsp3) is 0.529. The number of carbonyl (C=O) groups is 2. The first-order valence-electron chi connectivity index (χ1n) is 7.72. The summed E-state index contributed by atoms with van der Waals surface area (Å²) < 4.78 is 0. The maximum atomic E-state index is 12.0. The Balaban J connectivity index is 0.00000529. The molecule has 7 heteroatoms. The number of amides is 2. The maximum Gasteiger partial charge on any atom is 0.234 e. The van der Waals surface area contributed by atoms with E-state index in [-0.39, 0.29) is 41.6 Å². The van der Waals surface area contributed by atoms with Gasteiger partial charge in [0.25, 0.3) is 0 Å². The summed E-state index contributed by atoms with van der Waals surface area (Å²) in [5, 5.41) is 5.76. The number of aryl methyl sites for hydroxylation is 1. The molecule has 0 aliphatic rings. The number of hydrogen-bond acceptors (Lipinski definition) is 4. The number of nitrogens with one attached hydrogen (secondary N) is 2. The normalized spacial score (nSPS) is 12.9. The zero-order chi connectivity index (χ0) is 17.5. The average molecular weight is 374 g/mol. The van der Waals surface area contributed by atoms with Crippen LogP contribution in [-0.4, -0.2) is 35.4 Å². The van der Waals surface area contributed by atoms with E-state index in [1.165, 1.54) is 11.8 Å². The summed E-state index contributed by atoms with van der Waals surface area (Å²) in [4.78, 5) is 23.8. The highest BCUT2D eigenvalue weighted by Gasteiger charge is 2.28. The van der Waals surface area contributed by atoms with Crippen LogP contribution in [0.4, 0.5) is 5.69 Å². The van der Waals surface area contributed by atoms with Gasteiger partial charge in [0, 0.05) is 12.2 Å². The van der Waals surface area contributed by atoms with Gasteiger partial charge in [0.1, 0.15) is 0 Å². The number of hydrogen-bond donors (Lipinski definition) is 3. The molecule has 1 rings (SSSR count). The molecular weight excluding hydrogens is 346 g/mol. The van der Waals surface area contributed by atoms with E-state index in [1.807, 2.05) is 52.0 Å². The van der Waals surface area contributed by atoms with Gasteiger partial charge in [-0.2, -0.15) is 0 Å². The Kier molecular flexibility index (Phi) is 10.0. The van der Waals surface area contributed by atoms with Crippen LogP contribution in [0.15, 0.2) is 24.3 Å². The Morgan fingerprint density at radius 2 is 1.71 bits per heavy atom. The molecule has 0 aliphatic heterocycles. The number of thioether (sulfide) groups is 1. The van der Waals surface area contributed by atoms with Crippen molar-refractivity contribution < 1.29 is 9.59 Å². The van der Waals surface area contributed by atoms with Crippen molar-refractivity contribution in [1.82, 2.24) is 5.32 Å². The molecule has 0 heterocycles. The van der Waals surface area contributed by atoms with E-state index >= 15 is 0 Å². The van der Waals surface area contributed by atoms with Crippen LogP contribution in [0.2, 0.25) is 0 Å². The van der Waals surface area contributed by atoms with E-state index in [2.05, 4.69) is 10.6 Å². The SMILES string of the molecule is Cc1ccc(NC(=O)CSCC(=O)NC(C)(CN)C(C)C)cc1.Cl. The molecule has 1 aromatic carbocycles. The molecule has 0 saturated carbocycles. The Morgan fingerprint density at radius 1 is 1.17 bits per heavy atom. The molecule has 0 aromatic heterocycles. The molecule has 0 saturated heterocycles. The highest BCUT2D eigenvalue weighted by molar-refractivity contribution is 8.00. The van der Waals surface area contributed by atoms with Gasteiger partial charge in [0.2, 0.25) is 11.8 Å². The summed E-state index contributed by atoms with van der Waals surface area (Å²) in [6, 6.07) is 7.60. The summed E-state index contributed by atoms with van der Waals surface area (Å²) in [6.07, 6.45) is 0. The smallest absolute Gasteiger partial charge is 0.234 e. The Morgan fingerprint density at radius 3 is 2.21 bits per heavy atom. The predicted molar refractivity (Wildman–Crippen MR) is 105 cm³/mol. The maximum absolute atomic E-state index is 12.0. The largest absolute Gasteiger partial charge is 0.349 e. The van der Waals surface area contributed by atoms with Crippen LogP contribution < -0.4 is 16.4 Å². The van der Waals surface area contributed by atoms with E-state index in [0.717, 1.165) is 11.3 Å². The lowest BCUT2D eigenvalue weighted by Gasteiger charge is -2.33. The van der Waals surface area contributed by atoms with Crippen LogP contribution >= 0.6 is 24.2 Å². The predicted octanol–water partition coefficient (Wildman–Crippen LogP) is 2.58. The van der Waals surface area contributed by atoms with Gasteiger partial charge >= 0.3 is 0 Å². The van der Waals surface area contributed by atoms with Crippen molar-refractivity contribution in [3.05, 3.63) is 29.8 Å². The highest BCUT2D eigenvalue weighted by Crippen LogP contribution is 2.15. The van der Waals surface area contributed by atoms with Crippen LogP contribution in [0.5, 0.6) is 0 Å². The van der Waals surface area contributed by atoms with Crippen LogP contribution in [-0.2, 0) is 9.59 Å². The monoisotopic (exact) mass is 373 g/mol. The van der Waals surface area contributed by atoms with Crippen molar-refractivity contribution in [3.63, 3.8) is 0 Å². The van der Waals surface area contributed by atoms with Crippen LogP contribution in [0.25, 0.3) is 0 Å². The first-order chi connectivity index (χ1) is 10.8. The van der Waals surface area contributed by atoms with Gasteiger partial charge in [0.15, 0.2) is 0 Å². The molecule has 136 valence electrons. The highest BCUT2D eigenvalue weighted by atomic mass is 35.5. The molecule has 0 radical (unpaired) electrons. The number of anilines is 1. The molecule has 0 fully saturated rings. The fourth-order valence-corrected chi connectivity index (χ4v) is 2.47. The zero-order valence-corrected chi connectivity index (χ0v) is 16.4. The Labute approximate surface area is 154 Å². The van der Waals surface area contributed by atoms with E-state index < -0.39 is 5.54 Å². The average Bonchev–Trinajstić information content (AvgIpc) is 2.49. The molecule has 24 heavy (non-hydrogen) atoms. The molecule has 5 nitrogen and oxygen atoms in total. The second-order valence-corrected chi connectivity index (χ2v) is 7.22. The third-order valence-electron chi connectivity index (χ3n) is 3.92. The second kappa shape index (κ2) is 10.6. The van der Waals surface area contributed by atoms with Crippen molar-refractivity contribution in [2.45, 2.75) is 33.2 Å². The first-order valence-corrected chi connectivity index (χ1v) is 8.87. The van der Waals surface area contributed by atoms with Gasteiger partial charge in [0.05, 0.1) is 17.0 Å². The van der Waals surface area contributed by atoms with E-state index in [4.69, 9.17) is 5.73 Å². The van der Waals surface area contributed by atoms with Crippen LogP contribution in [0, 0.1) is 12.8 Å². The lowest BCUT2D eigenvalue weighted by atomic mass is 9.88. The second-order valence-electron chi connectivity index (χ2n) is 6.23. The topological polar surface area (TPSA) is 84.2 Å². The summed E-state index contributed by atoms with van der Waals surface area (Å²) in [5.41, 5.74) is 7.23. The molecule has 0 spiro atoms. The minimum Gasteiger partial charge on any atom is -0.349 e. The molecular formula is C17H28ClN3O2S. The minimum atomic E-state index is -0.415. The number of carbonyl (C=O) groups excluding carboxylic acids is 2. The Bertz CT molecular complexity index is 537. The third-order valence-corrected chi connectivity index (χ3v) is 4.86. The molecule has 0 bridgehead atoms. The molecule has 1 aromatic rings. The van der Waals surface area contributed by atoms with Gasteiger partial charge in [-0.25, -0.2) is 0 Å². The van der Waals surface area contributed by atoms with Gasteiger partial charge in [-0.1, -0.05) is 31.5 Å². The fourth-order valence-electron chi connectivity index (χ4n) is 1.86. The van der Waals surface area contributed by atoms with Crippen LogP contribution in [0.1, 0.15) is 26.3 Å². The van der Waals surface area contributed by atoms with Crippen LogP contribution in [0.3, 0.4) is 0 Å².